The summed E-state index contributed by atoms with van der Waals surface area (Å²) < 4.78 is 3.34. The molecule has 3 heteroatoms. The maximum absolute atomic E-state index is 3.34. The van der Waals surface area contributed by atoms with Crippen LogP contribution >= 0.6 is 0 Å². The smallest absolute Gasteiger partial charge is 1.00 e. The Balaban J connectivity index is -0.000000184. The molecule has 0 aromatic heterocycles. The summed E-state index contributed by atoms with van der Waals surface area (Å²) in [7, 11) is 0. The monoisotopic (exact) mass is 346 g/mol. The van der Waals surface area contributed by atoms with Crippen LogP contribution in [0.25, 0.3) is 0 Å². The van der Waals surface area contributed by atoms with Gasteiger partial charge in [-0.3, -0.25) is 12.2 Å². The van der Waals surface area contributed by atoms with Gasteiger partial charge >= 0.3 is 28.4 Å². The van der Waals surface area contributed by atoms with Gasteiger partial charge in [-0.2, -0.15) is 11.6 Å². The maximum atomic E-state index is 3.34. The zero-order chi connectivity index (χ0) is 11.7. The van der Waals surface area contributed by atoms with Crippen molar-refractivity contribution in [2.24, 2.45) is 0 Å². The van der Waals surface area contributed by atoms with Crippen LogP contribution in [0, 0.1) is 12.2 Å². The molecule has 0 aromatic rings. The normalized spacial score (nSPS) is 14.8. The van der Waals surface area contributed by atoms with Gasteiger partial charge in [0.05, 0.1) is 0 Å². The summed E-state index contributed by atoms with van der Waals surface area (Å²) >= 11 is 1.30. The van der Waals surface area contributed by atoms with Crippen LogP contribution in [0.3, 0.4) is 0 Å². The van der Waals surface area contributed by atoms with Crippen molar-refractivity contribution in [1.82, 2.24) is 0 Å². The molecule has 0 nitrogen and oxygen atoms in total. The van der Waals surface area contributed by atoms with Gasteiger partial charge < -0.3 is 24.8 Å². The van der Waals surface area contributed by atoms with Gasteiger partial charge in [0.1, 0.15) is 0 Å². The topological polar surface area (TPSA) is 0 Å². The van der Waals surface area contributed by atoms with Gasteiger partial charge in [0.25, 0.3) is 0 Å². The van der Waals surface area contributed by atoms with Crippen molar-refractivity contribution in [1.29, 1.82) is 0 Å². The quantitative estimate of drug-likeness (QED) is 0.434. The van der Waals surface area contributed by atoms with Crippen LogP contribution in [0.4, 0.5) is 0 Å². The first kappa shape index (κ1) is 22.5. The molecule has 0 radical (unpaired) electrons. The van der Waals surface area contributed by atoms with E-state index < -0.39 is 0 Å². The van der Waals surface area contributed by atoms with Crippen molar-refractivity contribution in [2.45, 2.75) is 33.6 Å². The van der Waals surface area contributed by atoms with E-state index >= 15 is 0 Å². The van der Waals surface area contributed by atoms with E-state index in [-0.39, 0.29) is 24.8 Å². The summed E-state index contributed by atoms with van der Waals surface area (Å²) in [6.07, 6.45) is 14.7. The molecule has 0 N–H and O–H groups in total. The Morgan fingerprint density at radius 2 is 1.65 bits per heavy atom. The average Bonchev–Trinajstić information content (AvgIpc) is 2.82. The van der Waals surface area contributed by atoms with Crippen molar-refractivity contribution in [2.75, 3.05) is 0 Å². The van der Waals surface area contributed by atoms with Gasteiger partial charge in [-0.25, -0.2) is 23.3 Å². The first-order chi connectivity index (χ1) is 7.18. The number of allylic oxidation sites excluding steroid dienone is 8. The van der Waals surface area contributed by atoms with E-state index in [2.05, 4.69) is 55.4 Å². The van der Waals surface area contributed by atoms with Crippen molar-refractivity contribution in [3.05, 3.63) is 47.1 Å². The molecular formula is C14H18Cl2Zr-2. The Kier molecular flexibility index (Phi) is 19.0. The van der Waals surface area contributed by atoms with Gasteiger partial charge in [-0.1, -0.05) is 20.8 Å². The van der Waals surface area contributed by atoms with Crippen molar-refractivity contribution in [3.63, 3.8) is 0 Å². The Hall–Kier alpha value is 0.293. The molecule has 0 bridgehead atoms. The fraction of sp³-hybridized carbons (Fsp3) is 0.357. The number of hydrogen-bond acceptors (Lipinski definition) is 0. The SMILES string of the molecule is CC1=[C-]CC(C)=C1.CC1=[C-]CC=C1.[CH2]=[Zr+2].[Cl-].[Cl-]. The Bertz CT molecular complexity index is 309. The zero-order valence-electron chi connectivity index (χ0n) is 10.6. The minimum Gasteiger partial charge on any atom is -1.00 e. The van der Waals surface area contributed by atoms with E-state index in [0.717, 1.165) is 12.8 Å². The fourth-order valence-electron chi connectivity index (χ4n) is 1.27. The second-order valence-corrected chi connectivity index (χ2v) is 3.49. The van der Waals surface area contributed by atoms with E-state index in [4.69, 9.17) is 0 Å². The molecule has 0 heterocycles. The third-order valence-corrected chi connectivity index (χ3v) is 1.98. The molecule has 0 atom stereocenters. The van der Waals surface area contributed by atoms with Crippen LogP contribution in [-0.2, 0) is 24.2 Å². The molecule has 0 unspecified atom stereocenters. The average molecular weight is 348 g/mol. The van der Waals surface area contributed by atoms with E-state index in [0.29, 0.717) is 0 Å². The van der Waals surface area contributed by atoms with Crippen LogP contribution in [0.2, 0.25) is 0 Å². The molecule has 0 amide bonds. The van der Waals surface area contributed by atoms with E-state index in [1.807, 2.05) is 0 Å². The van der Waals surface area contributed by atoms with Crippen LogP contribution in [0.1, 0.15) is 33.6 Å². The van der Waals surface area contributed by atoms with Crippen molar-refractivity contribution in [3.8, 4) is 0 Å². The van der Waals surface area contributed by atoms with E-state index in [9.17, 15) is 0 Å². The number of hydrogen-bond donors (Lipinski definition) is 0. The van der Waals surface area contributed by atoms with E-state index in [1.165, 1.54) is 41.0 Å². The fourth-order valence-corrected chi connectivity index (χ4v) is 1.27. The Morgan fingerprint density at radius 1 is 1.06 bits per heavy atom. The minimum absolute atomic E-state index is 0. The summed E-state index contributed by atoms with van der Waals surface area (Å²) in [6.45, 7) is 6.27. The molecule has 2 rings (SSSR count). The predicted molar refractivity (Wildman–Crippen MR) is 64.1 cm³/mol. The van der Waals surface area contributed by atoms with E-state index in [1.54, 1.807) is 0 Å². The molecule has 0 aliphatic heterocycles. The van der Waals surface area contributed by atoms with Gasteiger partial charge in [0.2, 0.25) is 0 Å². The third-order valence-electron chi connectivity index (χ3n) is 1.98. The van der Waals surface area contributed by atoms with Crippen LogP contribution in [0.15, 0.2) is 34.9 Å². The summed E-state index contributed by atoms with van der Waals surface area (Å²) in [6, 6.07) is 0. The first-order valence-corrected chi connectivity index (χ1v) is 6.76. The van der Waals surface area contributed by atoms with Crippen LogP contribution < -0.4 is 24.8 Å². The van der Waals surface area contributed by atoms with Gasteiger partial charge in [0, 0.05) is 0 Å². The summed E-state index contributed by atoms with van der Waals surface area (Å²) in [5, 5.41) is 0. The molecule has 17 heavy (non-hydrogen) atoms. The van der Waals surface area contributed by atoms with Crippen molar-refractivity contribution >= 4 is 4.21 Å². The summed E-state index contributed by atoms with van der Waals surface area (Å²) in [5.41, 5.74) is 3.99. The van der Waals surface area contributed by atoms with Gasteiger partial charge in [-0.05, 0) is 0 Å². The second-order valence-electron chi connectivity index (χ2n) is 3.49. The van der Waals surface area contributed by atoms with Crippen LogP contribution in [-0.4, -0.2) is 4.21 Å². The standard InChI is InChI=1S/C7H9.C6H7.CH2.2ClH.Zr/c1-6-3-4-7(2)5-6;1-6-4-2-3-5-6;;;;/h5H,3H2,1-2H3;2,4H,3H2,1H3;1H2;2*1H;/q2*-1;;;;+2/p-2. The molecule has 2 aliphatic carbocycles. The second kappa shape index (κ2) is 14.4. The largest absolute Gasteiger partial charge is 1.00 e. The van der Waals surface area contributed by atoms with Gasteiger partial charge in [-0.15, -0.1) is 12.8 Å². The van der Waals surface area contributed by atoms with Crippen molar-refractivity contribution < 1.29 is 49.0 Å². The summed E-state index contributed by atoms with van der Waals surface area (Å²) in [4.78, 5) is 0. The Labute approximate surface area is 133 Å². The van der Waals surface area contributed by atoms with Gasteiger partial charge in [0.15, 0.2) is 0 Å². The molecule has 0 fully saturated rings. The summed E-state index contributed by atoms with van der Waals surface area (Å²) in [5.74, 6) is 0. The number of rotatable bonds is 0. The number of halogens is 2. The van der Waals surface area contributed by atoms with Crippen LogP contribution in [0.5, 0.6) is 0 Å². The first-order valence-electron chi connectivity index (χ1n) is 5.02. The molecule has 0 saturated heterocycles. The predicted octanol–water partition coefficient (Wildman–Crippen LogP) is -2.25. The minimum atomic E-state index is 0. The maximum Gasteiger partial charge on any atom is -1.00 e. The zero-order valence-corrected chi connectivity index (χ0v) is 14.6. The molecular weight excluding hydrogens is 330 g/mol. The third kappa shape index (κ3) is 12.5. The molecule has 0 spiro atoms. The molecule has 0 saturated carbocycles. The Morgan fingerprint density at radius 3 is 1.76 bits per heavy atom. The molecule has 0 aromatic carbocycles. The molecule has 94 valence electrons. The molecule has 2 aliphatic rings.